The fraction of sp³-hybridized carbons (Fsp3) is 0.333. The molecule has 0 spiro atoms. The van der Waals surface area contributed by atoms with Crippen LogP contribution in [0.1, 0.15) is 29.2 Å². The number of rotatable bonds is 15. The van der Waals surface area contributed by atoms with E-state index < -0.39 is 0 Å². The van der Waals surface area contributed by atoms with Crippen LogP contribution in [0.3, 0.4) is 0 Å². The Labute approximate surface area is 259 Å². The normalized spacial score (nSPS) is 22.2. The minimum absolute atomic E-state index is 0.0822. The third-order valence-electron chi connectivity index (χ3n) is 7.17. The smallest absolute Gasteiger partial charge is 0.113 e. The van der Waals surface area contributed by atoms with E-state index in [-0.39, 0.29) is 28.1 Å². The summed E-state index contributed by atoms with van der Waals surface area (Å²) in [5.41, 5.74) is 4.59. The van der Waals surface area contributed by atoms with Gasteiger partial charge in [0.2, 0.25) is 0 Å². The molecule has 1 heterocycles. The molecule has 0 radical (unpaired) electrons. The zero-order valence-corrected chi connectivity index (χ0v) is 25.8. The Bertz CT molecular complexity index is 1280. The van der Waals surface area contributed by atoms with E-state index in [0.717, 1.165) is 22.4 Å². The minimum Gasteiger partial charge on any atom is -0.376 e. The zero-order valence-electron chi connectivity index (χ0n) is 24.1. The Hall–Kier alpha value is -2.58. The molecule has 5 rings (SSSR count). The topological polar surface area (TPSA) is 36.9 Å². The van der Waals surface area contributed by atoms with Crippen LogP contribution in [0.15, 0.2) is 121 Å². The summed E-state index contributed by atoms with van der Waals surface area (Å²) in [6.45, 7) is 4.86. The van der Waals surface area contributed by atoms with E-state index in [4.69, 9.17) is 18.9 Å². The molecule has 4 aromatic rings. The van der Waals surface area contributed by atoms with Crippen molar-refractivity contribution in [3.63, 3.8) is 0 Å². The van der Waals surface area contributed by atoms with Crippen molar-refractivity contribution < 1.29 is 18.9 Å². The first-order valence-electron chi connectivity index (χ1n) is 14.7. The molecule has 0 N–H and O–H groups in total. The van der Waals surface area contributed by atoms with E-state index in [1.54, 1.807) is 0 Å². The average Bonchev–Trinajstić information content (AvgIpc) is 3.05. The van der Waals surface area contributed by atoms with Gasteiger partial charge in [-0.1, -0.05) is 128 Å². The second-order valence-corrected chi connectivity index (χ2v) is 13.4. The van der Waals surface area contributed by atoms with Gasteiger partial charge >= 0.3 is 0 Å². The van der Waals surface area contributed by atoms with Crippen LogP contribution in [-0.2, 0) is 45.4 Å². The SMILES string of the molecule is CCS[C@H]1S[C@H](COCc2ccccc2)[C@@H](OCc2ccccc2)[C@H](OCc2ccccc2)[C@H]1OCc1ccccc1. The van der Waals surface area contributed by atoms with E-state index >= 15 is 0 Å². The van der Waals surface area contributed by atoms with Crippen molar-refractivity contribution in [1.29, 1.82) is 0 Å². The second kappa shape index (κ2) is 16.9. The number of hydrogen-bond donors (Lipinski definition) is 0. The van der Waals surface area contributed by atoms with Gasteiger partial charge in [0.25, 0.3) is 0 Å². The Morgan fingerprint density at radius 1 is 0.524 bits per heavy atom. The molecule has 1 saturated heterocycles. The Kier molecular flexibility index (Phi) is 12.4. The molecule has 0 saturated carbocycles. The first kappa shape index (κ1) is 30.9. The van der Waals surface area contributed by atoms with Crippen molar-refractivity contribution in [2.75, 3.05) is 12.4 Å². The van der Waals surface area contributed by atoms with Crippen LogP contribution in [0.5, 0.6) is 0 Å². The Morgan fingerprint density at radius 3 is 1.38 bits per heavy atom. The Morgan fingerprint density at radius 2 is 0.929 bits per heavy atom. The van der Waals surface area contributed by atoms with Gasteiger partial charge in [-0.2, -0.15) is 0 Å². The highest BCUT2D eigenvalue weighted by molar-refractivity contribution is 8.17. The lowest BCUT2D eigenvalue weighted by molar-refractivity contribution is -0.154. The molecular weight excluding hydrogens is 561 g/mol. The molecule has 220 valence electrons. The fourth-order valence-electron chi connectivity index (χ4n) is 5.05. The number of thioether (sulfide) groups is 2. The van der Waals surface area contributed by atoms with Crippen LogP contribution in [-0.4, -0.2) is 40.5 Å². The molecule has 42 heavy (non-hydrogen) atoms. The molecule has 6 heteroatoms. The first-order chi connectivity index (χ1) is 20.8. The maximum absolute atomic E-state index is 6.81. The lowest BCUT2D eigenvalue weighted by Gasteiger charge is -2.45. The standard InChI is InChI=1S/C36H40O4S2/c1-2-41-36-35(40-26-31-21-13-6-14-22-31)34(39-25-30-19-11-5-12-20-30)33(38-24-29-17-9-4-10-18-29)32(42-36)27-37-23-28-15-7-3-8-16-28/h3-22,32-36H,2,23-27H2,1H3/t32-,33-,34+,35-,36+/m1/s1. The molecule has 0 amide bonds. The summed E-state index contributed by atoms with van der Waals surface area (Å²) in [5, 5.41) is 0.0822. The molecule has 0 unspecified atom stereocenters. The van der Waals surface area contributed by atoms with Gasteiger partial charge in [-0.05, 0) is 28.0 Å². The average molecular weight is 601 g/mol. The van der Waals surface area contributed by atoms with E-state index in [1.807, 2.05) is 47.8 Å². The second-order valence-electron chi connectivity index (χ2n) is 10.3. The largest absolute Gasteiger partial charge is 0.376 e. The maximum Gasteiger partial charge on any atom is 0.113 e. The first-order valence-corrected chi connectivity index (χ1v) is 16.6. The summed E-state index contributed by atoms with van der Waals surface area (Å²) in [4.78, 5) is 0. The Balaban J connectivity index is 1.40. The van der Waals surface area contributed by atoms with Gasteiger partial charge in [-0.15, -0.1) is 23.5 Å². The van der Waals surface area contributed by atoms with Gasteiger partial charge in [0.15, 0.2) is 0 Å². The van der Waals surface area contributed by atoms with Gasteiger partial charge in [0, 0.05) is 0 Å². The van der Waals surface area contributed by atoms with Crippen molar-refractivity contribution in [1.82, 2.24) is 0 Å². The van der Waals surface area contributed by atoms with Gasteiger partial charge in [-0.3, -0.25) is 0 Å². The highest BCUT2D eigenvalue weighted by Crippen LogP contribution is 2.43. The molecule has 4 nitrogen and oxygen atoms in total. The summed E-state index contributed by atoms with van der Waals surface area (Å²) in [7, 11) is 0. The van der Waals surface area contributed by atoms with Gasteiger partial charge in [0.1, 0.15) is 18.3 Å². The fourth-order valence-corrected chi connectivity index (χ4v) is 8.24. The molecular formula is C36H40O4S2. The van der Waals surface area contributed by atoms with E-state index in [9.17, 15) is 0 Å². The summed E-state index contributed by atoms with van der Waals surface area (Å²) >= 11 is 3.83. The third-order valence-corrected chi connectivity index (χ3v) is 10.1. The quantitative estimate of drug-likeness (QED) is 0.137. The molecule has 0 bridgehead atoms. The number of benzene rings is 4. The van der Waals surface area contributed by atoms with Gasteiger partial charge in [-0.25, -0.2) is 0 Å². The molecule has 1 aliphatic heterocycles. The molecule has 1 aliphatic rings. The zero-order chi connectivity index (χ0) is 28.8. The molecule has 0 aromatic heterocycles. The molecule has 5 atom stereocenters. The highest BCUT2D eigenvalue weighted by atomic mass is 32.2. The van der Waals surface area contributed by atoms with Gasteiger partial charge < -0.3 is 18.9 Å². The van der Waals surface area contributed by atoms with Crippen LogP contribution >= 0.6 is 23.5 Å². The van der Waals surface area contributed by atoms with Crippen LogP contribution in [0.25, 0.3) is 0 Å². The summed E-state index contributed by atoms with van der Waals surface area (Å²) in [6, 6.07) is 41.4. The summed E-state index contributed by atoms with van der Waals surface area (Å²) < 4.78 is 26.9. The lowest BCUT2D eigenvalue weighted by atomic mass is 10.0. The van der Waals surface area contributed by atoms with Crippen LogP contribution < -0.4 is 0 Å². The highest BCUT2D eigenvalue weighted by Gasteiger charge is 2.48. The van der Waals surface area contributed by atoms with E-state index in [1.165, 1.54) is 5.56 Å². The molecule has 1 fully saturated rings. The summed E-state index contributed by atoms with van der Waals surface area (Å²) in [5.74, 6) is 0.988. The van der Waals surface area contributed by atoms with Crippen molar-refractivity contribution in [2.24, 2.45) is 0 Å². The van der Waals surface area contributed by atoms with E-state index in [0.29, 0.717) is 33.0 Å². The van der Waals surface area contributed by atoms with Crippen molar-refractivity contribution in [3.8, 4) is 0 Å². The van der Waals surface area contributed by atoms with Crippen molar-refractivity contribution in [3.05, 3.63) is 144 Å². The van der Waals surface area contributed by atoms with Crippen LogP contribution in [0, 0.1) is 0 Å². The predicted octanol–water partition coefficient (Wildman–Crippen LogP) is 8.15. The third kappa shape index (κ3) is 9.21. The van der Waals surface area contributed by atoms with Gasteiger partial charge in [0.05, 0.1) is 42.9 Å². The van der Waals surface area contributed by atoms with E-state index in [2.05, 4.69) is 104 Å². The van der Waals surface area contributed by atoms with Crippen molar-refractivity contribution in [2.45, 2.75) is 61.5 Å². The van der Waals surface area contributed by atoms with Crippen LogP contribution in [0.2, 0.25) is 0 Å². The number of ether oxygens (including phenoxy) is 4. The molecule has 0 aliphatic carbocycles. The van der Waals surface area contributed by atoms with Crippen molar-refractivity contribution >= 4 is 23.5 Å². The lowest BCUT2D eigenvalue weighted by Crippen LogP contribution is -2.56. The maximum atomic E-state index is 6.81. The predicted molar refractivity (Wildman–Crippen MR) is 174 cm³/mol. The monoisotopic (exact) mass is 600 g/mol. The number of hydrogen-bond acceptors (Lipinski definition) is 6. The minimum atomic E-state index is -0.270. The molecule has 4 aromatic carbocycles. The summed E-state index contributed by atoms with van der Waals surface area (Å²) in [6.07, 6.45) is -0.646. The van der Waals surface area contributed by atoms with Crippen LogP contribution in [0.4, 0.5) is 0 Å².